The van der Waals surface area contributed by atoms with E-state index in [-0.39, 0.29) is 31.9 Å². The van der Waals surface area contributed by atoms with Crippen molar-refractivity contribution in [2.75, 3.05) is 26.3 Å². The molecule has 19 heavy (non-hydrogen) atoms. The summed E-state index contributed by atoms with van der Waals surface area (Å²) in [5.41, 5.74) is 0.423. The fraction of sp³-hybridized carbons (Fsp3) is 0.308. The Labute approximate surface area is 111 Å². The molecule has 1 heterocycles. The summed E-state index contributed by atoms with van der Waals surface area (Å²) in [4.78, 5) is 28.2. The van der Waals surface area contributed by atoms with Gasteiger partial charge >= 0.3 is 0 Å². The zero-order valence-corrected chi connectivity index (χ0v) is 10.4. The van der Waals surface area contributed by atoms with Gasteiger partial charge in [0.05, 0.1) is 24.5 Å². The van der Waals surface area contributed by atoms with E-state index in [0.29, 0.717) is 12.0 Å². The van der Waals surface area contributed by atoms with Crippen LogP contribution in [0.4, 0.5) is 0 Å². The molecule has 1 rings (SSSR count). The van der Waals surface area contributed by atoms with Gasteiger partial charge in [-0.05, 0) is 18.2 Å². The van der Waals surface area contributed by atoms with Gasteiger partial charge in [0.25, 0.3) is 5.91 Å². The Kier molecular flexibility index (Phi) is 6.42. The van der Waals surface area contributed by atoms with Crippen LogP contribution >= 0.6 is 0 Å². The predicted octanol–water partition coefficient (Wildman–Crippen LogP) is -0.523. The molecule has 102 valence electrons. The third-order valence-electron chi connectivity index (χ3n) is 2.39. The van der Waals surface area contributed by atoms with Crippen molar-refractivity contribution in [3.8, 4) is 0 Å². The topological polar surface area (TPSA) is 90.7 Å². The first kappa shape index (κ1) is 15.0. The van der Waals surface area contributed by atoms with Crippen molar-refractivity contribution in [3.05, 3.63) is 35.7 Å². The molecule has 0 radical (unpaired) electrons. The van der Waals surface area contributed by atoms with E-state index < -0.39 is 5.91 Å². The lowest BCUT2D eigenvalue weighted by atomic mass is 10.2. The van der Waals surface area contributed by atoms with Gasteiger partial charge in [0, 0.05) is 19.3 Å². The van der Waals surface area contributed by atoms with Crippen LogP contribution in [0, 0.1) is 0 Å². The summed E-state index contributed by atoms with van der Waals surface area (Å²) in [6.07, 6.45) is 3.37. The van der Waals surface area contributed by atoms with Crippen LogP contribution in [0.15, 0.2) is 30.0 Å². The van der Waals surface area contributed by atoms with Crippen LogP contribution in [0.5, 0.6) is 0 Å². The number of nitrogens with zero attached hydrogens (tertiary/aromatic N) is 2. The molecule has 0 unspecified atom stereocenters. The molecule has 0 atom stereocenters. The Morgan fingerprint density at radius 1 is 1.26 bits per heavy atom. The molecule has 0 bridgehead atoms. The highest BCUT2D eigenvalue weighted by atomic mass is 16.3. The monoisotopic (exact) mass is 264 g/mol. The molecule has 0 aliphatic rings. The van der Waals surface area contributed by atoms with Gasteiger partial charge in [0.1, 0.15) is 0 Å². The average molecular weight is 264 g/mol. The van der Waals surface area contributed by atoms with Gasteiger partial charge in [-0.25, -0.2) is 0 Å². The second-order valence-electron chi connectivity index (χ2n) is 3.71. The fourth-order valence-electron chi connectivity index (χ4n) is 1.51. The molecule has 0 fully saturated rings. The van der Waals surface area contributed by atoms with Crippen molar-refractivity contribution in [1.29, 1.82) is 0 Å². The van der Waals surface area contributed by atoms with Crippen molar-refractivity contribution in [1.82, 2.24) is 9.88 Å². The first-order valence-electron chi connectivity index (χ1n) is 5.81. The third-order valence-corrected chi connectivity index (χ3v) is 2.39. The zero-order valence-electron chi connectivity index (χ0n) is 10.4. The minimum Gasteiger partial charge on any atom is -0.395 e. The lowest BCUT2D eigenvalue weighted by Crippen LogP contribution is -2.37. The van der Waals surface area contributed by atoms with Crippen LogP contribution in [-0.2, 0) is 9.59 Å². The van der Waals surface area contributed by atoms with E-state index in [1.54, 1.807) is 24.4 Å². The SMILES string of the molecule is O=CC(=Cc1ccccn1)C(=O)N(CCO)CCO. The van der Waals surface area contributed by atoms with Crippen LogP contribution in [0.3, 0.4) is 0 Å². The maximum absolute atomic E-state index is 12.0. The number of amides is 1. The van der Waals surface area contributed by atoms with E-state index in [0.717, 1.165) is 0 Å². The molecule has 2 N–H and O–H groups in total. The van der Waals surface area contributed by atoms with Crippen molar-refractivity contribution >= 4 is 18.3 Å². The van der Waals surface area contributed by atoms with Gasteiger partial charge in [-0.1, -0.05) is 6.07 Å². The molecule has 1 aromatic heterocycles. The van der Waals surface area contributed by atoms with Gasteiger partial charge < -0.3 is 15.1 Å². The van der Waals surface area contributed by atoms with Crippen molar-refractivity contribution in [2.45, 2.75) is 0 Å². The molecule has 0 saturated heterocycles. The number of aliphatic hydroxyl groups excluding tert-OH is 2. The summed E-state index contributed by atoms with van der Waals surface area (Å²) >= 11 is 0. The van der Waals surface area contributed by atoms with Crippen LogP contribution < -0.4 is 0 Å². The van der Waals surface area contributed by atoms with E-state index in [1.807, 2.05) is 0 Å². The normalized spacial score (nSPS) is 11.2. The summed E-state index contributed by atoms with van der Waals surface area (Å²) in [6.45, 7) is -0.345. The second kappa shape index (κ2) is 8.12. The maximum Gasteiger partial charge on any atom is 0.257 e. The quantitative estimate of drug-likeness (QED) is 0.299. The summed E-state index contributed by atoms with van der Waals surface area (Å²) in [6, 6.07) is 5.13. The summed E-state index contributed by atoms with van der Waals surface area (Å²) < 4.78 is 0. The lowest BCUT2D eigenvalue weighted by molar-refractivity contribution is -0.129. The number of rotatable bonds is 7. The molecule has 0 saturated carbocycles. The van der Waals surface area contributed by atoms with Gasteiger partial charge in [-0.3, -0.25) is 14.6 Å². The van der Waals surface area contributed by atoms with Crippen LogP contribution in [0.1, 0.15) is 5.69 Å². The Bertz CT molecular complexity index is 439. The number of aliphatic hydroxyl groups is 2. The standard InChI is InChI=1S/C13H16N2O4/c16-7-5-15(6-8-17)13(19)11(10-18)9-12-3-1-2-4-14-12/h1-4,9-10,16-17H,5-8H2. The lowest BCUT2D eigenvalue weighted by Gasteiger charge is -2.20. The Morgan fingerprint density at radius 2 is 1.95 bits per heavy atom. The van der Waals surface area contributed by atoms with E-state index in [2.05, 4.69) is 4.98 Å². The molecule has 1 aromatic rings. The smallest absolute Gasteiger partial charge is 0.257 e. The summed E-state index contributed by atoms with van der Waals surface area (Å²) in [7, 11) is 0. The molecule has 1 amide bonds. The number of carbonyl (C=O) groups is 2. The largest absolute Gasteiger partial charge is 0.395 e. The number of aldehydes is 1. The Balaban J connectivity index is 2.92. The molecular formula is C13H16N2O4. The second-order valence-corrected chi connectivity index (χ2v) is 3.71. The Morgan fingerprint density at radius 3 is 2.42 bits per heavy atom. The van der Waals surface area contributed by atoms with E-state index in [9.17, 15) is 9.59 Å². The molecule has 6 heteroatoms. The maximum atomic E-state index is 12.0. The minimum atomic E-state index is -0.538. The van der Waals surface area contributed by atoms with Crippen LogP contribution in [0.2, 0.25) is 0 Å². The highest BCUT2D eigenvalue weighted by molar-refractivity contribution is 6.14. The number of pyridine rings is 1. The third kappa shape index (κ3) is 4.61. The average Bonchev–Trinajstić information content (AvgIpc) is 2.45. The predicted molar refractivity (Wildman–Crippen MR) is 69.0 cm³/mol. The van der Waals surface area contributed by atoms with Gasteiger partial charge in [-0.2, -0.15) is 0 Å². The number of carbonyl (C=O) groups excluding carboxylic acids is 2. The molecule has 6 nitrogen and oxygen atoms in total. The van der Waals surface area contributed by atoms with Gasteiger partial charge in [0.2, 0.25) is 0 Å². The molecule has 0 aliphatic carbocycles. The Hall–Kier alpha value is -2.05. The van der Waals surface area contributed by atoms with Crippen molar-refractivity contribution in [3.63, 3.8) is 0 Å². The van der Waals surface area contributed by atoms with Crippen molar-refractivity contribution in [2.24, 2.45) is 0 Å². The fourth-order valence-corrected chi connectivity index (χ4v) is 1.51. The molecule has 0 aromatic carbocycles. The highest BCUT2D eigenvalue weighted by Gasteiger charge is 2.17. The molecular weight excluding hydrogens is 248 g/mol. The van der Waals surface area contributed by atoms with E-state index >= 15 is 0 Å². The van der Waals surface area contributed by atoms with E-state index in [1.165, 1.54) is 11.0 Å². The molecule has 0 spiro atoms. The highest BCUT2D eigenvalue weighted by Crippen LogP contribution is 2.05. The van der Waals surface area contributed by atoms with Crippen molar-refractivity contribution < 1.29 is 19.8 Å². The summed E-state index contributed by atoms with van der Waals surface area (Å²) in [5, 5.41) is 17.7. The van der Waals surface area contributed by atoms with Crippen LogP contribution in [-0.4, -0.2) is 58.6 Å². The van der Waals surface area contributed by atoms with Gasteiger partial charge in [0.15, 0.2) is 6.29 Å². The summed E-state index contributed by atoms with van der Waals surface area (Å²) in [5.74, 6) is -0.538. The first-order valence-corrected chi connectivity index (χ1v) is 5.81. The van der Waals surface area contributed by atoms with Gasteiger partial charge in [-0.15, -0.1) is 0 Å². The number of hydrogen-bond donors (Lipinski definition) is 2. The number of hydrogen-bond acceptors (Lipinski definition) is 5. The van der Waals surface area contributed by atoms with Crippen LogP contribution in [0.25, 0.3) is 6.08 Å². The minimum absolute atomic E-state index is 0.0623. The first-order chi connectivity index (χ1) is 9.22. The molecule has 0 aliphatic heterocycles. The number of aromatic nitrogens is 1. The van der Waals surface area contributed by atoms with E-state index in [4.69, 9.17) is 10.2 Å². The zero-order chi connectivity index (χ0) is 14.1.